The van der Waals surface area contributed by atoms with Gasteiger partial charge >= 0.3 is 5.97 Å². The highest BCUT2D eigenvalue weighted by atomic mass is 79.9. The van der Waals surface area contributed by atoms with Crippen molar-refractivity contribution in [2.45, 2.75) is 11.2 Å². The largest absolute Gasteiger partial charge is 0.480 e. The molecule has 1 aromatic rings. The van der Waals surface area contributed by atoms with Crippen LogP contribution in [0.25, 0.3) is 0 Å². The van der Waals surface area contributed by atoms with Crippen LogP contribution in [0.3, 0.4) is 0 Å². The van der Waals surface area contributed by atoms with Crippen molar-refractivity contribution in [3.63, 3.8) is 0 Å². The van der Waals surface area contributed by atoms with Gasteiger partial charge < -0.3 is 5.11 Å². The molecule has 19 heavy (non-hydrogen) atoms. The van der Waals surface area contributed by atoms with Crippen LogP contribution in [0.4, 0.5) is 0 Å². The van der Waals surface area contributed by atoms with Crippen molar-refractivity contribution < 1.29 is 18.3 Å². The van der Waals surface area contributed by atoms with Crippen LogP contribution in [0.1, 0.15) is 11.5 Å². The molecule has 0 saturated heterocycles. The van der Waals surface area contributed by atoms with E-state index in [9.17, 15) is 18.3 Å². The normalized spacial score (nSPS) is 29.5. The molecular weight excluding hydrogens is 334 g/mol. The zero-order chi connectivity index (χ0) is 14.4. The molecule has 1 fully saturated rings. The van der Waals surface area contributed by atoms with E-state index in [2.05, 4.69) is 15.9 Å². The number of nitrogens with zero attached hydrogens (tertiary/aromatic N) is 1. The Kier molecular flexibility index (Phi) is 3.19. The molecule has 7 heteroatoms. The number of carbonyl (C=O) groups is 1. The maximum atomic E-state index is 11.7. The monoisotopic (exact) mass is 343 g/mol. The summed E-state index contributed by atoms with van der Waals surface area (Å²) in [5.41, 5.74) is -1.33. The zero-order valence-corrected chi connectivity index (χ0v) is 12.3. The molecule has 100 valence electrons. The molecule has 3 atom stereocenters. The van der Waals surface area contributed by atoms with Gasteiger partial charge in [-0.3, -0.25) is 4.79 Å². The lowest BCUT2D eigenvalue weighted by Gasteiger charge is -2.02. The molecule has 1 N–H and O–H groups in total. The Morgan fingerprint density at radius 3 is 2.26 bits per heavy atom. The first-order valence-electron chi connectivity index (χ1n) is 5.34. The van der Waals surface area contributed by atoms with Crippen molar-refractivity contribution in [1.29, 1.82) is 5.26 Å². The maximum Gasteiger partial charge on any atom is 0.326 e. The highest BCUT2D eigenvalue weighted by Crippen LogP contribution is 2.62. The Balaban J connectivity index is 2.54. The van der Waals surface area contributed by atoms with Gasteiger partial charge in [-0.1, -0.05) is 28.1 Å². The van der Waals surface area contributed by atoms with Crippen molar-refractivity contribution in [3.05, 3.63) is 34.3 Å². The average Bonchev–Trinajstić information content (AvgIpc) is 3.00. The van der Waals surface area contributed by atoms with E-state index >= 15 is 0 Å². The molecule has 0 bridgehead atoms. The summed E-state index contributed by atoms with van der Waals surface area (Å²) in [5.74, 6) is -2.21. The molecule has 0 unspecified atom stereocenters. The van der Waals surface area contributed by atoms with Gasteiger partial charge in [-0.2, -0.15) is 5.26 Å². The Labute approximate surface area is 118 Å². The number of sulfone groups is 1. The molecule has 1 aromatic carbocycles. The smallest absolute Gasteiger partial charge is 0.326 e. The molecule has 1 aliphatic rings. The van der Waals surface area contributed by atoms with E-state index in [1.54, 1.807) is 30.3 Å². The van der Waals surface area contributed by atoms with Gasteiger partial charge in [0.05, 0.1) is 6.07 Å². The van der Waals surface area contributed by atoms with Gasteiger partial charge in [0.15, 0.2) is 15.3 Å². The van der Waals surface area contributed by atoms with Gasteiger partial charge in [0.2, 0.25) is 0 Å². The standard InChI is InChI=1S/C12H10BrNO4S/c1-19(17,18)10-9(12(10,6-14)11(15)16)7-2-4-8(13)5-3-7/h2-5,9-10H,1H3,(H,15,16)/t9-,10-,12-/m1/s1. The lowest BCUT2D eigenvalue weighted by atomic mass is 10.0. The minimum Gasteiger partial charge on any atom is -0.480 e. The van der Waals surface area contributed by atoms with Crippen LogP contribution in [-0.4, -0.2) is 31.0 Å². The lowest BCUT2D eigenvalue weighted by Crippen LogP contribution is -2.21. The zero-order valence-electron chi connectivity index (χ0n) is 9.87. The van der Waals surface area contributed by atoms with Crippen LogP contribution in [0, 0.1) is 16.7 Å². The van der Waals surface area contributed by atoms with Crippen molar-refractivity contribution in [1.82, 2.24) is 0 Å². The van der Waals surface area contributed by atoms with Crippen LogP contribution in [0.2, 0.25) is 0 Å². The Morgan fingerprint density at radius 1 is 1.42 bits per heavy atom. The molecule has 5 nitrogen and oxygen atoms in total. The molecule has 0 radical (unpaired) electrons. The summed E-state index contributed by atoms with van der Waals surface area (Å²) in [6.45, 7) is 0. The van der Waals surface area contributed by atoms with Gasteiger partial charge in [0.25, 0.3) is 0 Å². The number of benzene rings is 1. The summed E-state index contributed by atoms with van der Waals surface area (Å²) in [7, 11) is -3.62. The second kappa shape index (κ2) is 4.32. The first kappa shape index (κ1) is 14.0. The number of hydrogen-bond acceptors (Lipinski definition) is 4. The van der Waals surface area contributed by atoms with E-state index in [1.807, 2.05) is 0 Å². The molecule has 0 amide bonds. The van der Waals surface area contributed by atoms with Crippen LogP contribution in [0.5, 0.6) is 0 Å². The Hall–Kier alpha value is -1.39. The first-order valence-corrected chi connectivity index (χ1v) is 8.09. The first-order chi connectivity index (χ1) is 8.75. The predicted molar refractivity (Wildman–Crippen MR) is 71.2 cm³/mol. The number of hydrogen-bond donors (Lipinski definition) is 1. The summed E-state index contributed by atoms with van der Waals surface area (Å²) in [6, 6.07) is 8.33. The number of nitriles is 1. The van der Waals surface area contributed by atoms with Crippen LogP contribution in [0.15, 0.2) is 28.7 Å². The van der Waals surface area contributed by atoms with Crippen LogP contribution < -0.4 is 0 Å². The molecule has 0 spiro atoms. The highest BCUT2D eigenvalue weighted by molar-refractivity contribution is 9.10. The molecular formula is C12H10BrNO4S. The van der Waals surface area contributed by atoms with Gasteiger partial charge in [-0.05, 0) is 17.7 Å². The molecule has 0 aromatic heterocycles. The third-order valence-electron chi connectivity index (χ3n) is 3.36. The quantitative estimate of drug-likeness (QED) is 0.898. The van der Waals surface area contributed by atoms with E-state index in [0.29, 0.717) is 5.56 Å². The van der Waals surface area contributed by atoms with Gasteiger partial charge in [0.1, 0.15) is 5.25 Å². The number of rotatable bonds is 3. The molecule has 1 aliphatic carbocycles. The molecule has 0 aliphatic heterocycles. The van der Waals surface area contributed by atoms with Crippen molar-refractivity contribution in [3.8, 4) is 6.07 Å². The highest BCUT2D eigenvalue weighted by Gasteiger charge is 2.76. The third kappa shape index (κ3) is 2.05. The number of aliphatic carboxylic acids is 1. The average molecular weight is 344 g/mol. The summed E-state index contributed by atoms with van der Waals surface area (Å²) < 4.78 is 24.2. The number of halogens is 1. The lowest BCUT2D eigenvalue weighted by molar-refractivity contribution is -0.141. The molecule has 1 saturated carbocycles. The Morgan fingerprint density at radius 2 is 1.95 bits per heavy atom. The van der Waals surface area contributed by atoms with E-state index in [-0.39, 0.29) is 0 Å². The maximum absolute atomic E-state index is 11.7. The van der Waals surface area contributed by atoms with E-state index in [4.69, 9.17) is 5.26 Å². The number of carboxylic acids is 1. The fourth-order valence-corrected chi connectivity index (χ4v) is 4.51. The molecule has 2 rings (SSSR count). The predicted octanol–water partition coefficient (Wildman–Crippen LogP) is 1.55. The topological polar surface area (TPSA) is 95.2 Å². The second-order valence-corrected chi connectivity index (χ2v) is 7.65. The number of carboxylic acid groups (broad SMARTS) is 1. The van der Waals surface area contributed by atoms with Crippen LogP contribution >= 0.6 is 15.9 Å². The third-order valence-corrected chi connectivity index (χ3v) is 5.46. The Bertz CT molecular complexity index is 677. The van der Waals surface area contributed by atoms with Crippen molar-refractivity contribution in [2.24, 2.45) is 5.41 Å². The van der Waals surface area contributed by atoms with Gasteiger partial charge in [-0.15, -0.1) is 0 Å². The minimum absolute atomic E-state index is 0.544. The van der Waals surface area contributed by atoms with Crippen LogP contribution in [-0.2, 0) is 14.6 Å². The summed E-state index contributed by atoms with van der Waals surface area (Å²) >= 11 is 3.24. The van der Waals surface area contributed by atoms with Crippen molar-refractivity contribution in [2.75, 3.05) is 6.26 Å². The van der Waals surface area contributed by atoms with Crippen molar-refractivity contribution >= 4 is 31.7 Å². The minimum atomic E-state index is -3.62. The molecule has 0 heterocycles. The van der Waals surface area contributed by atoms with E-state index in [1.165, 1.54) is 0 Å². The van der Waals surface area contributed by atoms with Gasteiger partial charge in [0, 0.05) is 16.6 Å². The summed E-state index contributed by atoms with van der Waals surface area (Å²) in [4.78, 5) is 11.3. The van der Waals surface area contributed by atoms with E-state index < -0.39 is 32.4 Å². The van der Waals surface area contributed by atoms with Gasteiger partial charge in [-0.25, -0.2) is 8.42 Å². The fraction of sp³-hybridized carbons (Fsp3) is 0.333. The fourth-order valence-electron chi connectivity index (χ4n) is 2.48. The van der Waals surface area contributed by atoms with E-state index in [0.717, 1.165) is 10.7 Å². The SMILES string of the molecule is CS(=O)(=O)[C@@H]1[C@@H](c2ccc(Br)cc2)[C@@]1(C#N)C(=O)O. The second-order valence-electron chi connectivity index (χ2n) is 4.57. The summed E-state index contributed by atoms with van der Waals surface area (Å²) in [6.07, 6.45) is 0.964. The summed E-state index contributed by atoms with van der Waals surface area (Å²) in [5, 5.41) is 17.2.